The molecule has 0 saturated carbocycles. The number of benzene rings is 1. The quantitative estimate of drug-likeness (QED) is 0.268. The molecule has 0 aliphatic carbocycles. The Morgan fingerprint density at radius 2 is 2.16 bits per heavy atom. The van der Waals surface area contributed by atoms with Gasteiger partial charge in [0.2, 0.25) is 0 Å². The Bertz CT molecular complexity index is 524. The van der Waals surface area contributed by atoms with Gasteiger partial charge in [-0.05, 0) is 62.4 Å². The Balaban J connectivity index is 0.00000312. The molecule has 0 aromatic heterocycles. The molecular formula is C19H32ClIN4. The molecule has 1 aliphatic heterocycles. The lowest BCUT2D eigenvalue weighted by Crippen LogP contribution is -2.38. The van der Waals surface area contributed by atoms with Crippen molar-refractivity contribution in [2.45, 2.75) is 39.2 Å². The van der Waals surface area contributed by atoms with Crippen molar-refractivity contribution in [2.24, 2.45) is 10.9 Å². The van der Waals surface area contributed by atoms with E-state index in [9.17, 15) is 0 Å². The molecule has 1 fully saturated rings. The lowest BCUT2D eigenvalue weighted by Gasteiger charge is -2.30. The summed E-state index contributed by atoms with van der Waals surface area (Å²) < 4.78 is 0. The van der Waals surface area contributed by atoms with Gasteiger partial charge in [0.25, 0.3) is 0 Å². The molecule has 1 aromatic carbocycles. The lowest BCUT2D eigenvalue weighted by atomic mass is 10.0. The van der Waals surface area contributed by atoms with Crippen molar-refractivity contribution in [3.05, 3.63) is 34.9 Å². The van der Waals surface area contributed by atoms with Crippen molar-refractivity contribution >= 4 is 41.5 Å². The van der Waals surface area contributed by atoms with Crippen molar-refractivity contribution in [3.63, 3.8) is 0 Å². The van der Waals surface area contributed by atoms with E-state index in [0.29, 0.717) is 0 Å². The Hall–Kier alpha value is -0.530. The van der Waals surface area contributed by atoms with Crippen molar-refractivity contribution in [3.8, 4) is 0 Å². The van der Waals surface area contributed by atoms with Crippen LogP contribution in [-0.4, -0.2) is 44.1 Å². The van der Waals surface area contributed by atoms with Crippen molar-refractivity contribution < 1.29 is 0 Å². The third kappa shape index (κ3) is 9.11. The largest absolute Gasteiger partial charge is 0.356 e. The molecule has 1 atom stereocenters. The minimum Gasteiger partial charge on any atom is -0.356 e. The summed E-state index contributed by atoms with van der Waals surface area (Å²) in [5.41, 5.74) is 1.16. The van der Waals surface area contributed by atoms with E-state index in [1.165, 1.54) is 45.3 Å². The van der Waals surface area contributed by atoms with Gasteiger partial charge in [-0.2, -0.15) is 0 Å². The van der Waals surface area contributed by atoms with E-state index in [0.717, 1.165) is 35.6 Å². The van der Waals surface area contributed by atoms with E-state index in [1.54, 1.807) is 0 Å². The number of halogens is 2. The molecule has 0 bridgehead atoms. The average molecular weight is 479 g/mol. The zero-order valence-electron chi connectivity index (χ0n) is 15.4. The van der Waals surface area contributed by atoms with Crippen LogP contribution in [0.25, 0.3) is 0 Å². The molecule has 0 amide bonds. The van der Waals surface area contributed by atoms with E-state index < -0.39 is 0 Å². The fraction of sp³-hybridized carbons (Fsp3) is 0.632. The number of rotatable bonds is 7. The number of unbranched alkanes of at least 4 members (excludes halogenated alkanes) is 1. The number of likely N-dealkylation sites (tertiary alicyclic amines) is 1. The standard InChI is InChI=1S/C19H31ClN4.HI/c1-16-7-6-12-24(15-16)11-4-3-10-22-19(21-2)23-14-17-8-5-9-18(20)13-17;/h5,8-9,13,16H,3-4,6-7,10-12,14-15H2,1-2H3,(H2,21,22,23);1H. The van der Waals surface area contributed by atoms with Gasteiger partial charge in [-0.1, -0.05) is 30.7 Å². The van der Waals surface area contributed by atoms with Gasteiger partial charge in [-0.15, -0.1) is 24.0 Å². The molecule has 2 rings (SSSR count). The zero-order valence-corrected chi connectivity index (χ0v) is 18.5. The second-order valence-corrected chi connectivity index (χ2v) is 7.17. The summed E-state index contributed by atoms with van der Waals surface area (Å²) in [6.45, 7) is 7.82. The van der Waals surface area contributed by atoms with Crippen LogP contribution in [0.15, 0.2) is 29.3 Å². The minimum absolute atomic E-state index is 0. The van der Waals surface area contributed by atoms with Gasteiger partial charge in [0, 0.05) is 31.7 Å². The number of aliphatic imine (C=N–C) groups is 1. The number of hydrogen-bond donors (Lipinski definition) is 2. The highest BCUT2D eigenvalue weighted by Crippen LogP contribution is 2.15. The molecule has 0 radical (unpaired) electrons. The monoisotopic (exact) mass is 478 g/mol. The Labute approximate surface area is 174 Å². The molecule has 1 unspecified atom stereocenters. The Morgan fingerprint density at radius 3 is 2.88 bits per heavy atom. The Kier molecular flexibility index (Phi) is 11.5. The topological polar surface area (TPSA) is 39.7 Å². The zero-order chi connectivity index (χ0) is 17.2. The summed E-state index contributed by atoms with van der Waals surface area (Å²) in [7, 11) is 1.81. The highest BCUT2D eigenvalue weighted by atomic mass is 127. The summed E-state index contributed by atoms with van der Waals surface area (Å²) in [5.74, 6) is 1.72. The summed E-state index contributed by atoms with van der Waals surface area (Å²) in [5, 5.41) is 7.48. The molecule has 2 N–H and O–H groups in total. The second-order valence-electron chi connectivity index (χ2n) is 6.74. The first kappa shape index (κ1) is 22.5. The summed E-state index contributed by atoms with van der Waals surface area (Å²) >= 11 is 6.01. The first-order chi connectivity index (χ1) is 11.7. The lowest BCUT2D eigenvalue weighted by molar-refractivity contribution is 0.181. The fourth-order valence-corrected chi connectivity index (χ4v) is 3.42. The van der Waals surface area contributed by atoms with Crippen LogP contribution in [0.5, 0.6) is 0 Å². The van der Waals surface area contributed by atoms with Crippen LogP contribution in [-0.2, 0) is 6.54 Å². The predicted octanol–water partition coefficient (Wildman–Crippen LogP) is 4.14. The third-order valence-electron chi connectivity index (χ3n) is 4.51. The van der Waals surface area contributed by atoms with Crippen LogP contribution < -0.4 is 10.6 Å². The summed E-state index contributed by atoms with van der Waals surface area (Å²) in [4.78, 5) is 6.89. The van der Waals surface area contributed by atoms with Crippen LogP contribution in [0.1, 0.15) is 38.2 Å². The smallest absolute Gasteiger partial charge is 0.191 e. The van der Waals surface area contributed by atoms with Gasteiger partial charge in [0.05, 0.1) is 0 Å². The molecular weight excluding hydrogens is 447 g/mol. The maximum Gasteiger partial charge on any atom is 0.191 e. The fourth-order valence-electron chi connectivity index (χ4n) is 3.21. The molecule has 142 valence electrons. The third-order valence-corrected chi connectivity index (χ3v) is 4.74. The number of nitrogens with one attached hydrogen (secondary N) is 2. The second kappa shape index (κ2) is 12.8. The molecule has 6 heteroatoms. The van der Waals surface area contributed by atoms with Gasteiger partial charge in [0.15, 0.2) is 5.96 Å². The highest BCUT2D eigenvalue weighted by Gasteiger charge is 2.15. The van der Waals surface area contributed by atoms with Crippen LogP contribution in [0, 0.1) is 5.92 Å². The van der Waals surface area contributed by atoms with E-state index in [2.05, 4.69) is 33.5 Å². The van der Waals surface area contributed by atoms with Gasteiger partial charge < -0.3 is 15.5 Å². The molecule has 0 spiro atoms. The van der Waals surface area contributed by atoms with Crippen LogP contribution in [0.2, 0.25) is 5.02 Å². The molecule has 1 heterocycles. The van der Waals surface area contributed by atoms with Crippen LogP contribution >= 0.6 is 35.6 Å². The number of guanidine groups is 1. The maximum atomic E-state index is 6.01. The predicted molar refractivity (Wildman–Crippen MR) is 119 cm³/mol. The average Bonchev–Trinajstić information content (AvgIpc) is 2.57. The van der Waals surface area contributed by atoms with Gasteiger partial charge in [0.1, 0.15) is 0 Å². The number of hydrogen-bond acceptors (Lipinski definition) is 2. The van der Waals surface area contributed by atoms with E-state index in [-0.39, 0.29) is 24.0 Å². The first-order valence-electron chi connectivity index (χ1n) is 9.08. The molecule has 1 aliphatic rings. The number of nitrogens with zero attached hydrogens (tertiary/aromatic N) is 2. The normalized spacial score (nSPS) is 18.5. The highest BCUT2D eigenvalue weighted by molar-refractivity contribution is 14.0. The van der Waals surface area contributed by atoms with Crippen molar-refractivity contribution in [2.75, 3.05) is 33.2 Å². The Morgan fingerprint density at radius 1 is 1.32 bits per heavy atom. The van der Waals surface area contributed by atoms with Gasteiger partial charge >= 0.3 is 0 Å². The van der Waals surface area contributed by atoms with Crippen molar-refractivity contribution in [1.29, 1.82) is 0 Å². The van der Waals surface area contributed by atoms with Crippen LogP contribution in [0.3, 0.4) is 0 Å². The van der Waals surface area contributed by atoms with Gasteiger partial charge in [-0.3, -0.25) is 4.99 Å². The summed E-state index contributed by atoms with van der Waals surface area (Å²) in [6.07, 6.45) is 5.17. The minimum atomic E-state index is 0. The first-order valence-corrected chi connectivity index (χ1v) is 9.46. The molecule has 4 nitrogen and oxygen atoms in total. The van der Waals surface area contributed by atoms with Crippen LogP contribution in [0.4, 0.5) is 0 Å². The van der Waals surface area contributed by atoms with E-state index in [4.69, 9.17) is 11.6 Å². The summed E-state index contributed by atoms with van der Waals surface area (Å²) in [6, 6.07) is 7.89. The van der Waals surface area contributed by atoms with Crippen molar-refractivity contribution in [1.82, 2.24) is 15.5 Å². The van der Waals surface area contributed by atoms with E-state index >= 15 is 0 Å². The molecule has 1 aromatic rings. The van der Waals surface area contributed by atoms with Gasteiger partial charge in [-0.25, -0.2) is 0 Å². The number of piperidine rings is 1. The van der Waals surface area contributed by atoms with E-state index in [1.807, 2.05) is 25.2 Å². The molecule has 25 heavy (non-hydrogen) atoms. The maximum absolute atomic E-state index is 6.01. The SMILES string of the molecule is CN=C(NCCCCN1CCCC(C)C1)NCc1cccc(Cl)c1.I. The molecule has 1 saturated heterocycles.